The molecule has 2 aliphatic heterocycles. The third-order valence-electron chi connectivity index (χ3n) is 3.89. The third-order valence-corrected chi connectivity index (χ3v) is 3.89. The second-order valence-corrected chi connectivity index (χ2v) is 5.46. The molecule has 2 saturated heterocycles. The highest BCUT2D eigenvalue weighted by Gasteiger charge is 2.29. The zero-order valence-electron chi connectivity index (χ0n) is 11.5. The van der Waals surface area contributed by atoms with E-state index in [4.69, 9.17) is 4.74 Å². The number of rotatable bonds is 4. The molecular formula is C14H26N2O2. The standard InChI is InChI=1S/C14H26N2O2/c1-2-9-18-13-6-4-8-16(11-13)14(17)12-5-3-7-15-10-12/h12-13,15H,2-11H2,1H3/t12-,13?/m0/s1. The molecule has 0 aromatic rings. The lowest BCUT2D eigenvalue weighted by atomic mass is 9.96. The van der Waals surface area contributed by atoms with Gasteiger partial charge in [0.1, 0.15) is 0 Å². The van der Waals surface area contributed by atoms with E-state index in [0.29, 0.717) is 5.91 Å². The van der Waals surface area contributed by atoms with Gasteiger partial charge in [0.05, 0.1) is 12.0 Å². The normalized spacial score (nSPS) is 29.3. The molecule has 0 aliphatic carbocycles. The molecule has 2 rings (SSSR count). The highest BCUT2D eigenvalue weighted by molar-refractivity contribution is 5.79. The van der Waals surface area contributed by atoms with Crippen LogP contribution in [0.25, 0.3) is 0 Å². The Hall–Kier alpha value is -0.610. The van der Waals surface area contributed by atoms with Crippen LogP contribution in [-0.4, -0.2) is 49.7 Å². The highest BCUT2D eigenvalue weighted by Crippen LogP contribution is 2.19. The fraction of sp³-hybridized carbons (Fsp3) is 0.929. The van der Waals surface area contributed by atoms with Gasteiger partial charge in [0, 0.05) is 26.2 Å². The molecular weight excluding hydrogens is 228 g/mol. The van der Waals surface area contributed by atoms with Gasteiger partial charge in [-0.15, -0.1) is 0 Å². The second kappa shape index (κ2) is 7.10. The molecule has 0 saturated carbocycles. The first-order chi connectivity index (χ1) is 8.81. The lowest BCUT2D eigenvalue weighted by molar-refractivity contribution is -0.140. The van der Waals surface area contributed by atoms with Gasteiger partial charge in [-0.2, -0.15) is 0 Å². The molecule has 0 aromatic carbocycles. The van der Waals surface area contributed by atoms with Crippen molar-refractivity contribution in [3.8, 4) is 0 Å². The SMILES string of the molecule is CCCOC1CCCN(C(=O)[C@H]2CCCNC2)C1. The molecule has 2 aliphatic rings. The highest BCUT2D eigenvalue weighted by atomic mass is 16.5. The minimum atomic E-state index is 0.198. The Bertz CT molecular complexity index is 265. The summed E-state index contributed by atoms with van der Waals surface area (Å²) in [5, 5.41) is 3.32. The molecule has 1 amide bonds. The van der Waals surface area contributed by atoms with E-state index in [2.05, 4.69) is 12.2 Å². The van der Waals surface area contributed by atoms with Crippen molar-refractivity contribution >= 4 is 5.91 Å². The molecule has 0 spiro atoms. The molecule has 1 N–H and O–H groups in total. The van der Waals surface area contributed by atoms with E-state index in [9.17, 15) is 4.79 Å². The molecule has 2 atom stereocenters. The van der Waals surface area contributed by atoms with Crippen molar-refractivity contribution in [2.75, 3.05) is 32.8 Å². The molecule has 1 unspecified atom stereocenters. The topological polar surface area (TPSA) is 41.6 Å². The summed E-state index contributed by atoms with van der Waals surface area (Å²) in [6.07, 6.45) is 5.67. The van der Waals surface area contributed by atoms with Crippen LogP contribution in [0, 0.1) is 5.92 Å². The molecule has 104 valence electrons. The van der Waals surface area contributed by atoms with E-state index in [1.54, 1.807) is 0 Å². The van der Waals surface area contributed by atoms with Crippen molar-refractivity contribution in [3.05, 3.63) is 0 Å². The molecule has 4 heteroatoms. The van der Waals surface area contributed by atoms with E-state index in [-0.39, 0.29) is 12.0 Å². The minimum absolute atomic E-state index is 0.198. The average molecular weight is 254 g/mol. The van der Waals surface area contributed by atoms with Crippen LogP contribution in [0.2, 0.25) is 0 Å². The molecule has 2 fully saturated rings. The summed E-state index contributed by atoms with van der Waals surface area (Å²) in [5.41, 5.74) is 0. The predicted octanol–water partition coefficient (Wildman–Crippen LogP) is 1.40. The monoisotopic (exact) mass is 254 g/mol. The van der Waals surface area contributed by atoms with Crippen LogP contribution in [0.15, 0.2) is 0 Å². The smallest absolute Gasteiger partial charge is 0.227 e. The molecule has 0 bridgehead atoms. The maximum absolute atomic E-state index is 12.4. The largest absolute Gasteiger partial charge is 0.376 e. The number of hydrogen-bond acceptors (Lipinski definition) is 3. The number of amides is 1. The quantitative estimate of drug-likeness (QED) is 0.824. The fourth-order valence-corrected chi connectivity index (χ4v) is 2.88. The summed E-state index contributed by atoms with van der Waals surface area (Å²) in [4.78, 5) is 14.4. The number of likely N-dealkylation sites (tertiary alicyclic amines) is 1. The van der Waals surface area contributed by atoms with Crippen LogP contribution in [-0.2, 0) is 9.53 Å². The first kappa shape index (κ1) is 13.8. The van der Waals surface area contributed by atoms with Gasteiger partial charge in [-0.25, -0.2) is 0 Å². The van der Waals surface area contributed by atoms with Crippen LogP contribution >= 0.6 is 0 Å². The van der Waals surface area contributed by atoms with E-state index >= 15 is 0 Å². The molecule has 2 heterocycles. The van der Waals surface area contributed by atoms with Crippen LogP contribution in [0.3, 0.4) is 0 Å². The van der Waals surface area contributed by atoms with Crippen molar-refractivity contribution in [1.29, 1.82) is 0 Å². The lowest BCUT2D eigenvalue weighted by Gasteiger charge is -2.35. The average Bonchev–Trinajstić information content (AvgIpc) is 2.45. The number of hydrogen-bond donors (Lipinski definition) is 1. The van der Waals surface area contributed by atoms with E-state index in [0.717, 1.165) is 64.9 Å². The number of nitrogens with zero attached hydrogens (tertiary/aromatic N) is 1. The van der Waals surface area contributed by atoms with Crippen molar-refractivity contribution in [1.82, 2.24) is 10.2 Å². The molecule has 18 heavy (non-hydrogen) atoms. The van der Waals surface area contributed by atoms with Gasteiger partial charge < -0.3 is 15.0 Å². The van der Waals surface area contributed by atoms with Gasteiger partial charge in [0.2, 0.25) is 5.91 Å². The third kappa shape index (κ3) is 3.69. The van der Waals surface area contributed by atoms with Crippen molar-refractivity contribution < 1.29 is 9.53 Å². The van der Waals surface area contributed by atoms with Gasteiger partial charge in [-0.3, -0.25) is 4.79 Å². The molecule has 0 radical (unpaired) electrons. The predicted molar refractivity (Wildman–Crippen MR) is 71.4 cm³/mol. The maximum Gasteiger partial charge on any atom is 0.227 e. The summed E-state index contributed by atoms with van der Waals surface area (Å²) in [5.74, 6) is 0.538. The Morgan fingerprint density at radius 1 is 1.39 bits per heavy atom. The number of nitrogens with one attached hydrogen (secondary N) is 1. The first-order valence-corrected chi connectivity index (χ1v) is 7.42. The Labute approximate surface area is 110 Å². The van der Waals surface area contributed by atoms with E-state index in [1.165, 1.54) is 0 Å². The summed E-state index contributed by atoms with van der Waals surface area (Å²) < 4.78 is 5.79. The Balaban J connectivity index is 1.81. The Morgan fingerprint density at radius 2 is 2.28 bits per heavy atom. The maximum atomic E-state index is 12.4. The van der Waals surface area contributed by atoms with Crippen molar-refractivity contribution in [2.24, 2.45) is 5.92 Å². The number of piperidine rings is 2. The van der Waals surface area contributed by atoms with Gasteiger partial charge in [0.15, 0.2) is 0 Å². The fourth-order valence-electron chi connectivity index (χ4n) is 2.88. The van der Waals surface area contributed by atoms with Gasteiger partial charge in [0.25, 0.3) is 0 Å². The zero-order valence-corrected chi connectivity index (χ0v) is 11.5. The Kier molecular flexibility index (Phi) is 5.45. The van der Waals surface area contributed by atoms with E-state index in [1.807, 2.05) is 4.90 Å². The van der Waals surface area contributed by atoms with E-state index < -0.39 is 0 Å². The van der Waals surface area contributed by atoms with Crippen molar-refractivity contribution in [3.63, 3.8) is 0 Å². The van der Waals surface area contributed by atoms with Gasteiger partial charge >= 0.3 is 0 Å². The molecule has 0 aromatic heterocycles. The number of carbonyl (C=O) groups excluding carboxylic acids is 1. The van der Waals surface area contributed by atoms with Crippen LogP contribution < -0.4 is 5.32 Å². The van der Waals surface area contributed by atoms with Crippen LogP contribution in [0.4, 0.5) is 0 Å². The van der Waals surface area contributed by atoms with Crippen LogP contribution in [0.1, 0.15) is 39.0 Å². The lowest BCUT2D eigenvalue weighted by Crippen LogP contribution is -2.48. The number of carbonyl (C=O) groups is 1. The summed E-state index contributed by atoms with van der Waals surface area (Å²) in [6.45, 7) is 6.58. The van der Waals surface area contributed by atoms with Gasteiger partial charge in [-0.1, -0.05) is 6.92 Å². The van der Waals surface area contributed by atoms with Crippen molar-refractivity contribution in [2.45, 2.75) is 45.1 Å². The number of ether oxygens (including phenoxy) is 1. The van der Waals surface area contributed by atoms with Crippen LogP contribution in [0.5, 0.6) is 0 Å². The summed E-state index contributed by atoms with van der Waals surface area (Å²) >= 11 is 0. The minimum Gasteiger partial charge on any atom is -0.376 e. The zero-order chi connectivity index (χ0) is 12.8. The summed E-state index contributed by atoms with van der Waals surface area (Å²) in [7, 11) is 0. The first-order valence-electron chi connectivity index (χ1n) is 7.42. The summed E-state index contributed by atoms with van der Waals surface area (Å²) in [6, 6.07) is 0. The molecule has 4 nitrogen and oxygen atoms in total. The second-order valence-electron chi connectivity index (χ2n) is 5.46. The van der Waals surface area contributed by atoms with Gasteiger partial charge in [-0.05, 0) is 38.6 Å². The Morgan fingerprint density at radius 3 is 3.00 bits per heavy atom.